The maximum absolute atomic E-state index is 10.5. The Labute approximate surface area is 111 Å². The Balaban J connectivity index is 2.34. The molecule has 0 fully saturated rings. The number of imidazole rings is 1. The number of nitrogens with zero attached hydrogens (tertiary/aromatic N) is 4. The maximum atomic E-state index is 10.5. The van der Waals surface area contributed by atoms with Crippen molar-refractivity contribution in [3.8, 4) is 12.1 Å². The molecule has 19 heavy (non-hydrogen) atoms. The van der Waals surface area contributed by atoms with Gasteiger partial charge in [0.15, 0.2) is 11.4 Å². The molecule has 0 saturated heterocycles. The second kappa shape index (κ2) is 4.93. The summed E-state index contributed by atoms with van der Waals surface area (Å²) < 4.78 is 1.49. The molecule has 5 heteroatoms. The molecular weight excluding hydrogens is 240 g/mol. The van der Waals surface area contributed by atoms with E-state index in [9.17, 15) is 5.11 Å². The monoisotopic (exact) mass is 252 g/mol. The summed E-state index contributed by atoms with van der Waals surface area (Å²) in [6.45, 7) is 1.82. The zero-order valence-electron chi connectivity index (χ0n) is 10.4. The van der Waals surface area contributed by atoms with E-state index < -0.39 is 5.60 Å². The summed E-state index contributed by atoms with van der Waals surface area (Å²) in [7, 11) is 0. The summed E-state index contributed by atoms with van der Waals surface area (Å²) in [6, 6.07) is 13.0. The van der Waals surface area contributed by atoms with E-state index in [2.05, 4.69) is 4.98 Å². The van der Waals surface area contributed by atoms with Crippen molar-refractivity contribution in [1.29, 1.82) is 10.5 Å². The molecule has 1 atom stereocenters. The molecule has 1 unspecified atom stereocenters. The first-order valence-corrected chi connectivity index (χ1v) is 5.71. The van der Waals surface area contributed by atoms with Crippen molar-refractivity contribution in [2.75, 3.05) is 0 Å². The lowest BCUT2D eigenvalue weighted by atomic mass is 9.96. The second-order valence-corrected chi connectivity index (χ2v) is 4.43. The van der Waals surface area contributed by atoms with Gasteiger partial charge in [-0.1, -0.05) is 30.3 Å². The van der Waals surface area contributed by atoms with Gasteiger partial charge in [0, 0.05) is 0 Å². The van der Waals surface area contributed by atoms with Crippen LogP contribution >= 0.6 is 0 Å². The molecule has 5 nitrogen and oxygen atoms in total. The van der Waals surface area contributed by atoms with Crippen LogP contribution in [0.4, 0.5) is 0 Å². The largest absolute Gasteiger partial charge is 0.384 e. The lowest BCUT2D eigenvalue weighted by Crippen LogP contribution is -2.28. The summed E-state index contributed by atoms with van der Waals surface area (Å²) in [5.41, 5.74) is -0.156. The highest BCUT2D eigenvalue weighted by molar-refractivity contribution is 5.36. The third-order valence-electron chi connectivity index (χ3n) is 2.92. The van der Waals surface area contributed by atoms with E-state index in [1.165, 1.54) is 10.9 Å². The van der Waals surface area contributed by atoms with E-state index in [0.717, 1.165) is 5.56 Å². The molecular formula is C14H12N4O. The van der Waals surface area contributed by atoms with Gasteiger partial charge in [0.05, 0.1) is 12.9 Å². The van der Waals surface area contributed by atoms with Crippen molar-refractivity contribution in [3.63, 3.8) is 0 Å². The lowest BCUT2D eigenvalue weighted by molar-refractivity contribution is 0.0380. The number of hydrogen-bond donors (Lipinski definition) is 1. The molecule has 1 heterocycles. The van der Waals surface area contributed by atoms with Gasteiger partial charge in [-0.2, -0.15) is 10.5 Å². The van der Waals surface area contributed by atoms with Gasteiger partial charge < -0.3 is 9.67 Å². The number of benzene rings is 1. The van der Waals surface area contributed by atoms with Crippen LogP contribution in [-0.4, -0.2) is 14.7 Å². The molecule has 2 aromatic rings. The van der Waals surface area contributed by atoms with Crippen LogP contribution in [0.15, 0.2) is 36.7 Å². The zero-order chi connectivity index (χ0) is 13.9. The van der Waals surface area contributed by atoms with Crippen molar-refractivity contribution in [1.82, 2.24) is 9.55 Å². The third kappa shape index (κ3) is 2.47. The van der Waals surface area contributed by atoms with Crippen molar-refractivity contribution >= 4 is 0 Å². The number of rotatable bonds is 3. The van der Waals surface area contributed by atoms with Crippen molar-refractivity contribution in [2.45, 2.75) is 19.1 Å². The van der Waals surface area contributed by atoms with Crippen LogP contribution < -0.4 is 0 Å². The molecule has 0 aliphatic carbocycles. The normalized spacial score (nSPS) is 13.3. The summed E-state index contributed by atoms with van der Waals surface area (Å²) in [6.07, 6.45) is 1.40. The first kappa shape index (κ1) is 12.8. The highest BCUT2D eigenvalue weighted by Gasteiger charge is 2.25. The minimum atomic E-state index is -1.14. The van der Waals surface area contributed by atoms with Crippen LogP contribution in [-0.2, 0) is 12.1 Å². The third-order valence-corrected chi connectivity index (χ3v) is 2.92. The smallest absolute Gasteiger partial charge is 0.176 e. The summed E-state index contributed by atoms with van der Waals surface area (Å²) in [4.78, 5) is 3.85. The first-order chi connectivity index (χ1) is 9.08. The number of aliphatic hydroxyl groups is 1. The fourth-order valence-corrected chi connectivity index (χ4v) is 1.92. The highest BCUT2D eigenvalue weighted by atomic mass is 16.3. The van der Waals surface area contributed by atoms with Crippen LogP contribution in [0.3, 0.4) is 0 Å². The van der Waals surface area contributed by atoms with Crippen molar-refractivity contribution in [3.05, 3.63) is 53.6 Å². The van der Waals surface area contributed by atoms with Gasteiger partial charge in [-0.05, 0) is 12.5 Å². The number of hydrogen-bond acceptors (Lipinski definition) is 4. The summed E-state index contributed by atoms with van der Waals surface area (Å²) in [5.74, 6) is 0. The van der Waals surface area contributed by atoms with Crippen LogP contribution in [0.1, 0.15) is 23.9 Å². The standard InChI is InChI=1S/C14H12N4O/c1-14(19,11-5-3-2-4-6-11)9-18-10-17-12(7-15)13(18)8-16/h2-6,10,19H,9H2,1H3. The fraction of sp³-hybridized carbons (Fsp3) is 0.214. The Bertz CT molecular complexity index is 659. The molecule has 0 aliphatic rings. The second-order valence-electron chi connectivity index (χ2n) is 4.43. The van der Waals surface area contributed by atoms with Gasteiger partial charge in [-0.3, -0.25) is 0 Å². The summed E-state index contributed by atoms with van der Waals surface area (Å²) >= 11 is 0. The van der Waals surface area contributed by atoms with E-state index in [0.29, 0.717) is 0 Å². The van der Waals surface area contributed by atoms with Crippen LogP contribution in [0.25, 0.3) is 0 Å². The van der Waals surface area contributed by atoms with Gasteiger partial charge in [0.2, 0.25) is 0 Å². The van der Waals surface area contributed by atoms with Gasteiger partial charge >= 0.3 is 0 Å². The van der Waals surface area contributed by atoms with E-state index >= 15 is 0 Å². The quantitative estimate of drug-likeness (QED) is 0.897. The van der Waals surface area contributed by atoms with Gasteiger partial charge in [0.1, 0.15) is 17.7 Å². The molecule has 1 N–H and O–H groups in total. The van der Waals surface area contributed by atoms with Crippen LogP contribution in [0.2, 0.25) is 0 Å². The predicted molar refractivity (Wildman–Crippen MR) is 67.7 cm³/mol. The molecule has 1 aromatic heterocycles. The minimum Gasteiger partial charge on any atom is -0.384 e. The fourth-order valence-electron chi connectivity index (χ4n) is 1.92. The SMILES string of the molecule is CC(O)(Cn1cnc(C#N)c1C#N)c1ccccc1. The molecule has 0 amide bonds. The van der Waals surface area contributed by atoms with E-state index in [1.54, 1.807) is 6.92 Å². The highest BCUT2D eigenvalue weighted by Crippen LogP contribution is 2.23. The van der Waals surface area contributed by atoms with E-state index in [4.69, 9.17) is 10.5 Å². The molecule has 2 rings (SSSR count). The molecule has 94 valence electrons. The van der Waals surface area contributed by atoms with Crippen LogP contribution in [0, 0.1) is 22.7 Å². The molecule has 0 saturated carbocycles. The van der Waals surface area contributed by atoms with E-state index in [-0.39, 0.29) is 17.9 Å². The summed E-state index contributed by atoms with van der Waals surface area (Å²) in [5, 5.41) is 28.4. The molecule has 0 bridgehead atoms. The Hall–Kier alpha value is -2.63. The average Bonchev–Trinajstić information content (AvgIpc) is 2.81. The minimum absolute atomic E-state index is 0.0753. The Morgan fingerprint density at radius 2 is 1.95 bits per heavy atom. The Morgan fingerprint density at radius 3 is 2.53 bits per heavy atom. The lowest BCUT2D eigenvalue weighted by Gasteiger charge is -2.24. The molecule has 0 radical (unpaired) electrons. The Kier molecular flexibility index (Phi) is 3.33. The zero-order valence-corrected chi connectivity index (χ0v) is 10.4. The van der Waals surface area contributed by atoms with Crippen LogP contribution in [0.5, 0.6) is 0 Å². The number of nitriles is 2. The maximum Gasteiger partial charge on any atom is 0.176 e. The Morgan fingerprint density at radius 1 is 1.26 bits per heavy atom. The first-order valence-electron chi connectivity index (χ1n) is 5.71. The topological polar surface area (TPSA) is 85.6 Å². The molecule has 1 aromatic carbocycles. The van der Waals surface area contributed by atoms with E-state index in [1.807, 2.05) is 42.5 Å². The van der Waals surface area contributed by atoms with Crippen molar-refractivity contribution in [2.24, 2.45) is 0 Å². The van der Waals surface area contributed by atoms with Gasteiger partial charge in [0.25, 0.3) is 0 Å². The van der Waals surface area contributed by atoms with Gasteiger partial charge in [-0.15, -0.1) is 0 Å². The predicted octanol–water partition coefficient (Wildman–Crippen LogP) is 1.53. The molecule has 0 spiro atoms. The van der Waals surface area contributed by atoms with Gasteiger partial charge in [-0.25, -0.2) is 4.98 Å². The average molecular weight is 252 g/mol. The molecule has 0 aliphatic heterocycles. The number of aromatic nitrogens is 2. The van der Waals surface area contributed by atoms with Crippen molar-refractivity contribution < 1.29 is 5.11 Å².